The topological polar surface area (TPSA) is 59.1 Å². The fourth-order valence-electron chi connectivity index (χ4n) is 0.837. The lowest BCUT2D eigenvalue weighted by atomic mass is 10.3. The number of hydrogen-bond donors (Lipinski definition) is 1. The van der Waals surface area contributed by atoms with Crippen molar-refractivity contribution in [2.45, 2.75) is 13.5 Å². The highest BCUT2D eigenvalue weighted by Gasteiger charge is 2.07. The number of nitrogens with one attached hydrogen (secondary N) is 1. The molecule has 0 amide bonds. The van der Waals surface area contributed by atoms with Crippen molar-refractivity contribution >= 4 is 26.0 Å². The van der Waals surface area contributed by atoms with Crippen LogP contribution in [-0.2, 0) is 16.6 Å². The molecule has 1 aromatic rings. The van der Waals surface area contributed by atoms with E-state index in [1.54, 1.807) is 25.4 Å². The molecule has 0 spiro atoms. The molecule has 1 rings (SSSR count). The molecule has 0 aliphatic rings. The van der Waals surface area contributed by atoms with Crippen molar-refractivity contribution in [2.24, 2.45) is 0 Å². The predicted molar refractivity (Wildman–Crippen MR) is 58.2 cm³/mol. The van der Waals surface area contributed by atoms with Gasteiger partial charge in [-0.3, -0.25) is 4.98 Å². The van der Waals surface area contributed by atoms with Crippen LogP contribution < -0.4 is 4.72 Å². The monoisotopic (exact) mass is 278 g/mol. The Morgan fingerprint density at radius 1 is 1.57 bits per heavy atom. The fourth-order valence-corrected chi connectivity index (χ4v) is 1.81. The van der Waals surface area contributed by atoms with Crippen LogP contribution in [0.25, 0.3) is 0 Å². The summed E-state index contributed by atoms with van der Waals surface area (Å²) in [6.07, 6.45) is 3.26. The number of hydrogen-bond acceptors (Lipinski definition) is 3. The summed E-state index contributed by atoms with van der Waals surface area (Å²) in [7, 11) is -3.13. The summed E-state index contributed by atoms with van der Waals surface area (Å²) in [5.74, 6) is 0.0930. The Bertz CT molecular complexity index is 406. The molecule has 6 heteroatoms. The molecule has 1 N–H and O–H groups in total. The molecule has 14 heavy (non-hydrogen) atoms. The molecule has 1 heterocycles. The molecule has 0 unspecified atom stereocenters. The predicted octanol–water partition coefficient (Wildman–Crippen LogP) is 1.28. The molecule has 0 aliphatic heterocycles. The maximum absolute atomic E-state index is 11.1. The Kier molecular flexibility index (Phi) is 4.03. The zero-order chi connectivity index (χ0) is 10.6. The lowest BCUT2D eigenvalue weighted by molar-refractivity contribution is 0.582. The summed E-state index contributed by atoms with van der Waals surface area (Å²) < 4.78 is 25.6. The van der Waals surface area contributed by atoms with Gasteiger partial charge in [-0.25, -0.2) is 13.1 Å². The first-order chi connectivity index (χ1) is 6.55. The number of rotatable bonds is 4. The van der Waals surface area contributed by atoms with Crippen LogP contribution in [0, 0.1) is 0 Å². The first-order valence-electron chi connectivity index (χ1n) is 4.11. The Hall–Kier alpha value is -0.460. The highest BCUT2D eigenvalue weighted by Crippen LogP contribution is 2.13. The fraction of sp³-hybridized carbons (Fsp3) is 0.375. The van der Waals surface area contributed by atoms with Gasteiger partial charge in [0.1, 0.15) is 0 Å². The highest BCUT2D eigenvalue weighted by atomic mass is 79.9. The van der Waals surface area contributed by atoms with E-state index in [-0.39, 0.29) is 5.75 Å². The van der Waals surface area contributed by atoms with E-state index in [9.17, 15) is 8.42 Å². The molecule has 0 saturated heterocycles. The molecule has 4 nitrogen and oxygen atoms in total. The minimum absolute atomic E-state index is 0.0930. The van der Waals surface area contributed by atoms with Gasteiger partial charge in [0.2, 0.25) is 10.0 Å². The van der Waals surface area contributed by atoms with Gasteiger partial charge < -0.3 is 0 Å². The highest BCUT2D eigenvalue weighted by molar-refractivity contribution is 9.10. The maximum atomic E-state index is 11.1. The average Bonchev–Trinajstić information content (AvgIpc) is 2.17. The van der Waals surface area contributed by atoms with Crippen molar-refractivity contribution < 1.29 is 8.42 Å². The average molecular weight is 279 g/mol. The Morgan fingerprint density at radius 2 is 2.29 bits per heavy atom. The molecule has 0 aromatic carbocycles. The van der Waals surface area contributed by atoms with E-state index in [4.69, 9.17) is 0 Å². The second-order valence-corrected chi connectivity index (χ2v) is 5.64. The van der Waals surface area contributed by atoms with Crippen LogP contribution in [-0.4, -0.2) is 19.2 Å². The van der Waals surface area contributed by atoms with Crippen molar-refractivity contribution in [2.75, 3.05) is 5.75 Å². The van der Waals surface area contributed by atoms with Gasteiger partial charge in [0.15, 0.2) is 0 Å². The SMILES string of the molecule is CCS(=O)(=O)NCc1ccncc1Br. The molecule has 0 aliphatic carbocycles. The minimum atomic E-state index is -3.13. The van der Waals surface area contributed by atoms with E-state index in [1.807, 2.05) is 0 Å². The van der Waals surface area contributed by atoms with Gasteiger partial charge in [-0.15, -0.1) is 0 Å². The third-order valence-corrected chi connectivity index (χ3v) is 3.78. The Labute approximate surface area is 91.9 Å². The van der Waals surface area contributed by atoms with Crippen molar-refractivity contribution in [3.8, 4) is 0 Å². The normalized spacial score (nSPS) is 11.6. The molecular formula is C8H11BrN2O2S. The number of sulfonamides is 1. The standard InChI is InChI=1S/C8H11BrN2O2S/c1-2-14(12,13)11-5-7-3-4-10-6-8(7)9/h3-4,6,11H,2,5H2,1H3. The lowest BCUT2D eigenvalue weighted by Crippen LogP contribution is -2.24. The van der Waals surface area contributed by atoms with Crippen LogP contribution in [0.15, 0.2) is 22.9 Å². The third kappa shape index (κ3) is 3.36. The van der Waals surface area contributed by atoms with E-state index in [0.717, 1.165) is 10.0 Å². The van der Waals surface area contributed by atoms with E-state index >= 15 is 0 Å². The summed E-state index contributed by atoms with van der Waals surface area (Å²) in [6.45, 7) is 1.89. The maximum Gasteiger partial charge on any atom is 0.211 e. The zero-order valence-corrected chi connectivity index (χ0v) is 10.1. The Morgan fingerprint density at radius 3 is 2.86 bits per heavy atom. The lowest BCUT2D eigenvalue weighted by Gasteiger charge is -2.05. The number of aromatic nitrogens is 1. The summed E-state index contributed by atoms with van der Waals surface area (Å²) in [5.41, 5.74) is 0.872. The summed E-state index contributed by atoms with van der Waals surface area (Å²) in [6, 6.07) is 1.77. The van der Waals surface area contributed by atoms with Gasteiger partial charge in [0.25, 0.3) is 0 Å². The van der Waals surface area contributed by atoms with Crippen molar-refractivity contribution in [1.29, 1.82) is 0 Å². The van der Waals surface area contributed by atoms with E-state index in [1.165, 1.54) is 0 Å². The van der Waals surface area contributed by atoms with Gasteiger partial charge in [-0.2, -0.15) is 0 Å². The molecule has 0 bridgehead atoms. The van der Waals surface area contributed by atoms with Gasteiger partial charge >= 0.3 is 0 Å². The smallest absolute Gasteiger partial charge is 0.211 e. The number of nitrogens with zero attached hydrogens (tertiary/aromatic N) is 1. The molecule has 78 valence electrons. The number of halogens is 1. The van der Waals surface area contributed by atoms with E-state index < -0.39 is 10.0 Å². The summed E-state index contributed by atoms with van der Waals surface area (Å²) in [5, 5.41) is 0. The zero-order valence-electron chi connectivity index (χ0n) is 7.70. The molecule has 0 saturated carbocycles. The van der Waals surface area contributed by atoms with Gasteiger partial charge in [-0.1, -0.05) is 0 Å². The second kappa shape index (κ2) is 4.86. The van der Waals surface area contributed by atoms with Crippen LogP contribution in [0.5, 0.6) is 0 Å². The summed E-state index contributed by atoms with van der Waals surface area (Å²) >= 11 is 3.29. The van der Waals surface area contributed by atoms with Crippen LogP contribution in [0.2, 0.25) is 0 Å². The quantitative estimate of drug-likeness (QED) is 0.903. The number of pyridine rings is 1. The van der Waals surface area contributed by atoms with E-state index in [2.05, 4.69) is 25.6 Å². The molecule has 0 fully saturated rings. The molecule has 1 aromatic heterocycles. The largest absolute Gasteiger partial charge is 0.264 e. The van der Waals surface area contributed by atoms with Crippen LogP contribution in [0.4, 0.5) is 0 Å². The molecular weight excluding hydrogens is 268 g/mol. The molecule has 0 atom stereocenters. The van der Waals surface area contributed by atoms with E-state index in [0.29, 0.717) is 6.54 Å². The summed E-state index contributed by atoms with van der Waals surface area (Å²) in [4.78, 5) is 3.89. The first kappa shape index (κ1) is 11.6. The molecule has 0 radical (unpaired) electrons. The van der Waals surface area contributed by atoms with Crippen LogP contribution in [0.1, 0.15) is 12.5 Å². The third-order valence-electron chi connectivity index (χ3n) is 1.72. The van der Waals surface area contributed by atoms with Crippen molar-refractivity contribution in [1.82, 2.24) is 9.71 Å². The van der Waals surface area contributed by atoms with Gasteiger partial charge in [0, 0.05) is 23.4 Å². The second-order valence-electron chi connectivity index (χ2n) is 2.69. The van der Waals surface area contributed by atoms with Crippen LogP contribution >= 0.6 is 15.9 Å². The Balaban J connectivity index is 2.68. The van der Waals surface area contributed by atoms with Gasteiger partial charge in [-0.05, 0) is 34.5 Å². The van der Waals surface area contributed by atoms with Crippen molar-refractivity contribution in [3.05, 3.63) is 28.5 Å². The van der Waals surface area contributed by atoms with Gasteiger partial charge in [0.05, 0.1) is 5.75 Å². The first-order valence-corrected chi connectivity index (χ1v) is 6.55. The minimum Gasteiger partial charge on any atom is -0.264 e. The van der Waals surface area contributed by atoms with Crippen molar-refractivity contribution in [3.63, 3.8) is 0 Å². The van der Waals surface area contributed by atoms with Crippen LogP contribution in [0.3, 0.4) is 0 Å².